The Bertz CT molecular complexity index is 986. The van der Waals surface area contributed by atoms with Crippen molar-refractivity contribution in [3.63, 3.8) is 0 Å². The monoisotopic (exact) mass is 572 g/mol. The summed E-state index contributed by atoms with van der Waals surface area (Å²) in [6.45, 7) is 8.65. The normalized spacial score (nSPS) is 21.8. The Morgan fingerprint density at radius 3 is 2.41 bits per heavy atom. The summed E-state index contributed by atoms with van der Waals surface area (Å²) in [5.74, 6) is -0.221. The summed E-state index contributed by atoms with van der Waals surface area (Å²) in [5.41, 5.74) is 0.580. The molecule has 2 unspecified atom stereocenters. The summed E-state index contributed by atoms with van der Waals surface area (Å²) in [7, 11) is 0. The van der Waals surface area contributed by atoms with E-state index in [4.69, 9.17) is 14.2 Å². The lowest BCUT2D eigenvalue weighted by Gasteiger charge is -2.33. The van der Waals surface area contributed by atoms with Gasteiger partial charge in [-0.3, -0.25) is 19.4 Å². The lowest BCUT2D eigenvalue weighted by atomic mass is 9.90. The van der Waals surface area contributed by atoms with E-state index in [9.17, 15) is 14.4 Å². The number of rotatable bonds is 10. The summed E-state index contributed by atoms with van der Waals surface area (Å²) >= 11 is 0. The van der Waals surface area contributed by atoms with E-state index in [0.717, 1.165) is 45.3 Å². The molecule has 228 valence electrons. The Balaban J connectivity index is 1.32. The van der Waals surface area contributed by atoms with Gasteiger partial charge in [-0.05, 0) is 57.9 Å². The highest BCUT2D eigenvalue weighted by Crippen LogP contribution is 2.24. The molecular formula is C31H48N4O6. The van der Waals surface area contributed by atoms with Crippen LogP contribution in [0.1, 0.15) is 71.3 Å². The van der Waals surface area contributed by atoms with Crippen LogP contribution in [-0.2, 0) is 30.3 Å². The highest BCUT2D eigenvalue weighted by molar-refractivity contribution is 5.91. The first kappa shape index (κ1) is 31.3. The molecule has 4 rings (SSSR count). The number of likely N-dealkylation sites (tertiary alicyclic amines) is 1. The summed E-state index contributed by atoms with van der Waals surface area (Å²) in [5, 5.41) is 6.02. The zero-order chi connectivity index (χ0) is 29.2. The van der Waals surface area contributed by atoms with Gasteiger partial charge in [-0.1, -0.05) is 49.6 Å². The van der Waals surface area contributed by atoms with Gasteiger partial charge in [0.15, 0.2) is 0 Å². The van der Waals surface area contributed by atoms with Crippen LogP contribution in [0.3, 0.4) is 0 Å². The van der Waals surface area contributed by atoms with Crippen molar-refractivity contribution in [2.45, 2.75) is 96.0 Å². The fraction of sp³-hybridized carbons (Fsp3) is 0.710. The standard InChI is InChI=1S/C31H48N4O6/c1-31(2,3)41-30(38)35-22-40-21-27(35)29(37)33-26(20-39-19-24-12-8-5-9-13-24)28(36)32-25-14-16-34(17-15-25)18-23-10-6-4-7-11-23/h4,6-7,10-11,24-27H,5,8-9,12-22H2,1-3H3,(H,32,36)(H,33,37). The molecule has 3 aliphatic rings. The van der Waals surface area contributed by atoms with Gasteiger partial charge in [-0.15, -0.1) is 0 Å². The van der Waals surface area contributed by atoms with Gasteiger partial charge in [-0.25, -0.2) is 4.79 Å². The molecule has 2 heterocycles. The summed E-state index contributed by atoms with van der Waals surface area (Å²) < 4.78 is 16.9. The third-order valence-electron chi connectivity index (χ3n) is 7.99. The molecule has 0 bridgehead atoms. The molecule has 1 aromatic rings. The van der Waals surface area contributed by atoms with Crippen molar-refractivity contribution in [1.82, 2.24) is 20.4 Å². The first-order chi connectivity index (χ1) is 19.7. The number of hydrogen-bond donors (Lipinski definition) is 2. The van der Waals surface area contributed by atoms with Crippen molar-refractivity contribution in [3.8, 4) is 0 Å². The zero-order valence-corrected chi connectivity index (χ0v) is 24.9. The second-order valence-electron chi connectivity index (χ2n) is 12.6. The molecule has 2 aliphatic heterocycles. The number of ether oxygens (including phenoxy) is 3. The lowest BCUT2D eigenvalue weighted by Crippen LogP contribution is -2.57. The minimum Gasteiger partial charge on any atom is -0.444 e. The Labute approximate surface area is 244 Å². The molecule has 2 atom stereocenters. The highest BCUT2D eigenvalue weighted by Gasteiger charge is 2.39. The van der Waals surface area contributed by atoms with E-state index in [0.29, 0.717) is 12.5 Å². The molecule has 1 aliphatic carbocycles. The molecule has 3 fully saturated rings. The van der Waals surface area contributed by atoms with E-state index < -0.39 is 29.7 Å². The minimum absolute atomic E-state index is 0.0281. The zero-order valence-electron chi connectivity index (χ0n) is 24.9. The predicted molar refractivity (Wildman–Crippen MR) is 155 cm³/mol. The molecule has 2 saturated heterocycles. The van der Waals surface area contributed by atoms with Gasteiger partial charge in [0.25, 0.3) is 0 Å². The molecule has 41 heavy (non-hydrogen) atoms. The summed E-state index contributed by atoms with van der Waals surface area (Å²) in [6.07, 6.45) is 7.01. The van der Waals surface area contributed by atoms with Crippen LogP contribution in [0.25, 0.3) is 0 Å². The van der Waals surface area contributed by atoms with Gasteiger partial charge < -0.3 is 24.8 Å². The molecule has 10 nitrogen and oxygen atoms in total. The maximum atomic E-state index is 13.5. The highest BCUT2D eigenvalue weighted by atomic mass is 16.6. The summed E-state index contributed by atoms with van der Waals surface area (Å²) in [4.78, 5) is 43.1. The minimum atomic E-state index is -0.875. The second kappa shape index (κ2) is 15.0. The van der Waals surface area contributed by atoms with E-state index >= 15 is 0 Å². The van der Waals surface area contributed by atoms with Crippen LogP contribution in [0, 0.1) is 5.92 Å². The quantitative estimate of drug-likeness (QED) is 0.442. The number of benzene rings is 1. The molecule has 0 aromatic heterocycles. The van der Waals surface area contributed by atoms with Crippen LogP contribution in [0.5, 0.6) is 0 Å². The molecule has 1 aromatic carbocycles. The first-order valence-corrected chi connectivity index (χ1v) is 15.2. The number of amides is 3. The smallest absolute Gasteiger partial charge is 0.412 e. The maximum absolute atomic E-state index is 13.5. The SMILES string of the molecule is CC(C)(C)OC(=O)N1COCC1C(=O)NC(COCC1CCCCC1)C(=O)NC1CCN(Cc2ccccc2)CC1. The van der Waals surface area contributed by atoms with Crippen molar-refractivity contribution < 1.29 is 28.6 Å². The van der Waals surface area contributed by atoms with Gasteiger partial charge in [0, 0.05) is 32.3 Å². The van der Waals surface area contributed by atoms with Crippen LogP contribution in [0.2, 0.25) is 0 Å². The molecule has 10 heteroatoms. The lowest BCUT2D eigenvalue weighted by molar-refractivity contribution is -0.133. The Morgan fingerprint density at radius 2 is 1.73 bits per heavy atom. The third kappa shape index (κ3) is 9.97. The van der Waals surface area contributed by atoms with E-state index in [1.807, 2.05) is 6.07 Å². The van der Waals surface area contributed by atoms with Crippen LogP contribution in [0.15, 0.2) is 30.3 Å². The van der Waals surface area contributed by atoms with Crippen molar-refractivity contribution >= 4 is 17.9 Å². The predicted octanol–water partition coefficient (Wildman–Crippen LogP) is 3.44. The Kier molecular flexibility index (Phi) is 11.4. The van der Waals surface area contributed by atoms with Crippen LogP contribution >= 0.6 is 0 Å². The van der Waals surface area contributed by atoms with Gasteiger partial charge >= 0.3 is 6.09 Å². The second-order valence-corrected chi connectivity index (χ2v) is 12.6. The Hall–Kier alpha value is -2.69. The van der Waals surface area contributed by atoms with E-state index in [2.05, 4.69) is 39.8 Å². The van der Waals surface area contributed by atoms with Crippen LogP contribution in [0.4, 0.5) is 4.79 Å². The number of carbonyl (C=O) groups is 3. The van der Waals surface area contributed by atoms with Crippen molar-refractivity contribution in [2.75, 3.05) is 39.6 Å². The van der Waals surface area contributed by atoms with E-state index in [1.54, 1.807) is 20.8 Å². The number of piperidine rings is 1. The fourth-order valence-electron chi connectivity index (χ4n) is 5.70. The molecular weight excluding hydrogens is 524 g/mol. The van der Waals surface area contributed by atoms with Crippen molar-refractivity contribution in [2.24, 2.45) is 5.92 Å². The first-order valence-electron chi connectivity index (χ1n) is 15.2. The van der Waals surface area contributed by atoms with Crippen molar-refractivity contribution in [1.29, 1.82) is 0 Å². The van der Waals surface area contributed by atoms with Gasteiger partial charge in [-0.2, -0.15) is 0 Å². The maximum Gasteiger partial charge on any atom is 0.412 e. The van der Waals surface area contributed by atoms with Crippen molar-refractivity contribution in [3.05, 3.63) is 35.9 Å². The third-order valence-corrected chi connectivity index (χ3v) is 7.99. The number of carbonyl (C=O) groups excluding carboxylic acids is 3. The van der Waals surface area contributed by atoms with E-state index in [1.165, 1.54) is 29.7 Å². The molecule has 0 radical (unpaired) electrons. The Morgan fingerprint density at radius 1 is 1.02 bits per heavy atom. The molecule has 1 saturated carbocycles. The fourth-order valence-corrected chi connectivity index (χ4v) is 5.70. The largest absolute Gasteiger partial charge is 0.444 e. The average molecular weight is 573 g/mol. The van der Waals surface area contributed by atoms with Crippen LogP contribution < -0.4 is 10.6 Å². The number of nitrogens with zero attached hydrogens (tertiary/aromatic N) is 2. The average Bonchev–Trinajstić information content (AvgIpc) is 3.44. The number of nitrogens with one attached hydrogen (secondary N) is 2. The van der Waals surface area contributed by atoms with Crippen LogP contribution in [-0.4, -0.2) is 91.1 Å². The van der Waals surface area contributed by atoms with Gasteiger partial charge in [0.1, 0.15) is 24.4 Å². The van der Waals surface area contributed by atoms with Gasteiger partial charge in [0.05, 0.1) is 13.2 Å². The molecule has 3 amide bonds. The topological polar surface area (TPSA) is 109 Å². The van der Waals surface area contributed by atoms with Gasteiger partial charge in [0.2, 0.25) is 11.8 Å². The van der Waals surface area contributed by atoms with E-state index in [-0.39, 0.29) is 31.9 Å². The molecule has 0 spiro atoms. The summed E-state index contributed by atoms with van der Waals surface area (Å²) in [6, 6.07) is 8.68. The molecule has 2 N–H and O–H groups in total. The number of hydrogen-bond acceptors (Lipinski definition) is 7.